The average molecular weight is 296 g/mol. The lowest BCUT2D eigenvalue weighted by atomic mass is 10.1. The van der Waals surface area contributed by atoms with Gasteiger partial charge in [-0.1, -0.05) is 19.1 Å². The summed E-state index contributed by atoms with van der Waals surface area (Å²) in [5.41, 5.74) is 2.52. The quantitative estimate of drug-likeness (QED) is 0.894. The summed E-state index contributed by atoms with van der Waals surface area (Å²) in [5, 5.41) is 3.29. The molecule has 0 aliphatic carbocycles. The van der Waals surface area contributed by atoms with E-state index in [1.807, 2.05) is 0 Å². The highest BCUT2D eigenvalue weighted by Crippen LogP contribution is 2.15. The van der Waals surface area contributed by atoms with Crippen LogP contribution in [0.3, 0.4) is 0 Å². The third-order valence-corrected chi connectivity index (χ3v) is 5.64. The molecule has 1 N–H and O–H groups in total. The number of sulfone groups is 1. The zero-order chi connectivity index (χ0) is 14.6. The molecule has 0 amide bonds. The van der Waals surface area contributed by atoms with Gasteiger partial charge < -0.3 is 10.2 Å². The van der Waals surface area contributed by atoms with Crippen LogP contribution < -0.4 is 10.2 Å². The van der Waals surface area contributed by atoms with Crippen LogP contribution in [0.15, 0.2) is 24.3 Å². The molecule has 0 saturated carbocycles. The Balaban J connectivity index is 1.86. The smallest absolute Gasteiger partial charge is 0.153 e. The van der Waals surface area contributed by atoms with Crippen LogP contribution in [-0.2, 0) is 16.3 Å². The average Bonchev–Trinajstić information content (AvgIpc) is 2.44. The summed E-state index contributed by atoms with van der Waals surface area (Å²) < 4.78 is 23.2. The lowest BCUT2D eigenvalue weighted by Crippen LogP contribution is -2.46. The van der Waals surface area contributed by atoms with E-state index in [1.165, 1.54) is 11.3 Å². The van der Waals surface area contributed by atoms with Gasteiger partial charge in [0.15, 0.2) is 9.84 Å². The summed E-state index contributed by atoms with van der Waals surface area (Å²) >= 11 is 0. The van der Waals surface area contributed by atoms with Gasteiger partial charge in [0.1, 0.15) is 0 Å². The molecule has 0 aromatic heterocycles. The van der Waals surface area contributed by atoms with Gasteiger partial charge in [0.2, 0.25) is 0 Å². The van der Waals surface area contributed by atoms with Crippen molar-refractivity contribution in [2.24, 2.45) is 0 Å². The van der Waals surface area contributed by atoms with Gasteiger partial charge in [-0.2, -0.15) is 0 Å². The van der Waals surface area contributed by atoms with E-state index in [1.54, 1.807) is 0 Å². The minimum absolute atomic E-state index is 0.0890. The summed E-state index contributed by atoms with van der Waals surface area (Å²) in [6.45, 7) is 3.59. The molecular weight excluding hydrogens is 272 g/mol. The van der Waals surface area contributed by atoms with Crippen molar-refractivity contribution in [1.29, 1.82) is 0 Å². The summed E-state index contributed by atoms with van der Waals surface area (Å²) in [6.07, 6.45) is 1.90. The second-order valence-electron chi connectivity index (χ2n) is 5.50. The van der Waals surface area contributed by atoms with Crippen LogP contribution in [0.5, 0.6) is 0 Å². The third kappa shape index (κ3) is 4.21. The van der Waals surface area contributed by atoms with E-state index >= 15 is 0 Å². The van der Waals surface area contributed by atoms with Crippen LogP contribution in [0.25, 0.3) is 0 Å². The van der Waals surface area contributed by atoms with Crippen molar-refractivity contribution < 1.29 is 8.42 Å². The zero-order valence-corrected chi connectivity index (χ0v) is 13.1. The second-order valence-corrected chi connectivity index (χ2v) is 7.72. The molecular formula is C15H24N2O2S. The van der Waals surface area contributed by atoms with Crippen molar-refractivity contribution in [2.75, 3.05) is 36.5 Å². The minimum atomic E-state index is -2.83. The van der Waals surface area contributed by atoms with Crippen LogP contribution in [0.1, 0.15) is 18.9 Å². The number of rotatable bonds is 5. The van der Waals surface area contributed by atoms with Crippen molar-refractivity contribution in [2.45, 2.75) is 25.8 Å². The van der Waals surface area contributed by atoms with Crippen LogP contribution in [0.2, 0.25) is 0 Å². The fourth-order valence-corrected chi connectivity index (χ4v) is 4.01. The van der Waals surface area contributed by atoms with Crippen molar-refractivity contribution in [3.63, 3.8) is 0 Å². The predicted molar refractivity (Wildman–Crippen MR) is 84.2 cm³/mol. The molecule has 1 aliphatic rings. The molecule has 4 nitrogen and oxygen atoms in total. The highest BCUT2D eigenvalue weighted by atomic mass is 32.2. The van der Waals surface area contributed by atoms with E-state index in [-0.39, 0.29) is 17.5 Å². The van der Waals surface area contributed by atoms with Crippen LogP contribution in [0, 0.1) is 0 Å². The third-order valence-electron chi connectivity index (χ3n) is 3.90. The molecule has 1 aliphatic heterocycles. The van der Waals surface area contributed by atoms with Crippen LogP contribution in [-0.4, -0.2) is 46.1 Å². The molecule has 0 bridgehead atoms. The maximum atomic E-state index is 11.6. The van der Waals surface area contributed by atoms with E-state index in [9.17, 15) is 8.42 Å². The molecule has 1 saturated heterocycles. The lowest BCUT2D eigenvalue weighted by Gasteiger charge is -2.27. The molecule has 0 spiro atoms. The van der Waals surface area contributed by atoms with E-state index < -0.39 is 9.84 Å². The first-order chi connectivity index (χ1) is 9.50. The summed E-state index contributed by atoms with van der Waals surface area (Å²) in [4.78, 5) is 2.18. The van der Waals surface area contributed by atoms with Gasteiger partial charge in [0, 0.05) is 31.9 Å². The summed E-state index contributed by atoms with van der Waals surface area (Å²) in [6, 6.07) is 8.64. The number of nitrogens with one attached hydrogen (secondary N) is 1. The van der Waals surface area contributed by atoms with Gasteiger partial charge in [-0.3, -0.25) is 0 Å². The first kappa shape index (κ1) is 15.3. The molecule has 1 fully saturated rings. The van der Waals surface area contributed by atoms with Crippen molar-refractivity contribution in [1.82, 2.24) is 5.32 Å². The largest absolute Gasteiger partial charge is 0.375 e. The maximum absolute atomic E-state index is 11.6. The van der Waals surface area contributed by atoms with Crippen molar-refractivity contribution in [3.8, 4) is 0 Å². The Morgan fingerprint density at radius 1 is 1.30 bits per heavy atom. The Morgan fingerprint density at radius 3 is 2.60 bits per heavy atom. The lowest BCUT2D eigenvalue weighted by molar-refractivity contribution is 0.496. The van der Waals surface area contributed by atoms with Gasteiger partial charge in [-0.05, 0) is 30.5 Å². The fourth-order valence-electron chi connectivity index (χ4n) is 2.52. The van der Waals surface area contributed by atoms with Crippen molar-refractivity contribution >= 4 is 15.5 Å². The van der Waals surface area contributed by atoms with E-state index in [2.05, 4.69) is 48.5 Å². The number of hydrogen-bond donors (Lipinski definition) is 1. The number of benzene rings is 1. The van der Waals surface area contributed by atoms with Gasteiger partial charge in [-0.15, -0.1) is 0 Å². The molecule has 5 heteroatoms. The monoisotopic (exact) mass is 296 g/mol. The molecule has 1 atom stereocenters. The molecule has 1 aromatic rings. The summed E-state index contributed by atoms with van der Waals surface area (Å²) in [7, 11) is -0.781. The Bertz CT molecular complexity index is 525. The number of aryl methyl sites for hydroxylation is 1. The molecule has 20 heavy (non-hydrogen) atoms. The first-order valence-corrected chi connectivity index (χ1v) is 9.06. The minimum Gasteiger partial charge on any atom is -0.375 e. The topological polar surface area (TPSA) is 49.4 Å². The van der Waals surface area contributed by atoms with E-state index in [0.29, 0.717) is 6.54 Å². The van der Waals surface area contributed by atoms with Crippen molar-refractivity contribution in [3.05, 3.63) is 29.8 Å². The van der Waals surface area contributed by atoms with Gasteiger partial charge in [0.05, 0.1) is 11.5 Å². The van der Waals surface area contributed by atoms with Gasteiger partial charge in [0.25, 0.3) is 0 Å². The molecule has 112 valence electrons. The SMILES string of the molecule is CCc1ccc(N(C)CCC2CS(=O)(=O)CCN2)cc1. The van der Waals surface area contributed by atoms with Crippen LogP contribution >= 0.6 is 0 Å². The Hall–Kier alpha value is -1.07. The van der Waals surface area contributed by atoms with Gasteiger partial charge >= 0.3 is 0 Å². The van der Waals surface area contributed by atoms with E-state index in [0.717, 1.165) is 19.4 Å². The Kier molecular flexibility index (Phi) is 5.05. The van der Waals surface area contributed by atoms with Crippen LogP contribution in [0.4, 0.5) is 5.69 Å². The molecule has 1 unspecified atom stereocenters. The zero-order valence-electron chi connectivity index (χ0n) is 12.3. The highest BCUT2D eigenvalue weighted by Gasteiger charge is 2.24. The molecule has 2 rings (SSSR count). The van der Waals surface area contributed by atoms with E-state index in [4.69, 9.17) is 0 Å². The summed E-state index contributed by atoms with van der Waals surface area (Å²) in [5.74, 6) is 0.549. The predicted octanol–water partition coefficient (Wildman–Crippen LogP) is 1.46. The fraction of sp³-hybridized carbons (Fsp3) is 0.600. The first-order valence-electron chi connectivity index (χ1n) is 7.24. The Labute approximate surface area is 122 Å². The highest BCUT2D eigenvalue weighted by molar-refractivity contribution is 7.91. The second kappa shape index (κ2) is 6.59. The van der Waals surface area contributed by atoms with Gasteiger partial charge in [-0.25, -0.2) is 8.42 Å². The standard InChI is InChI=1S/C15H24N2O2S/c1-3-13-4-6-15(7-5-13)17(2)10-8-14-12-20(18,19)11-9-16-14/h4-7,14,16H,3,8-12H2,1-2H3. The maximum Gasteiger partial charge on any atom is 0.153 e. The molecule has 1 heterocycles. The number of hydrogen-bond acceptors (Lipinski definition) is 4. The molecule has 0 radical (unpaired) electrons. The molecule has 1 aromatic carbocycles. The number of nitrogens with zero attached hydrogens (tertiary/aromatic N) is 1. The Morgan fingerprint density at radius 2 is 2.00 bits per heavy atom. The number of anilines is 1. The normalized spacial score (nSPS) is 21.6.